The van der Waals surface area contributed by atoms with E-state index < -0.39 is 17.7 Å². The van der Waals surface area contributed by atoms with Gasteiger partial charge in [-0.3, -0.25) is 19.3 Å². The number of aryl methyl sites for hydroxylation is 1. The van der Waals surface area contributed by atoms with Crippen LogP contribution in [0, 0.1) is 6.92 Å². The third-order valence-electron chi connectivity index (χ3n) is 3.90. The Morgan fingerprint density at radius 3 is 2.67 bits per heavy atom. The summed E-state index contributed by atoms with van der Waals surface area (Å²) < 4.78 is 0. The van der Waals surface area contributed by atoms with E-state index in [2.05, 4.69) is 15.6 Å². The number of aromatic nitrogens is 1. The van der Waals surface area contributed by atoms with Crippen molar-refractivity contribution in [3.05, 3.63) is 65.5 Å². The van der Waals surface area contributed by atoms with Crippen molar-refractivity contribution in [1.82, 2.24) is 9.88 Å². The van der Waals surface area contributed by atoms with Gasteiger partial charge in [-0.05, 0) is 31.2 Å². The summed E-state index contributed by atoms with van der Waals surface area (Å²) in [5.74, 6) is -1.05. The molecule has 0 fully saturated rings. The first kappa shape index (κ1) is 18.3. The van der Waals surface area contributed by atoms with Gasteiger partial charge in [0.15, 0.2) is 0 Å². The lowest BCUT2D eigenvalue weighted by molar-refractivity contribution is -0.137. The Balaban J connectivity index is 1.80. The molecule has 2 heterocycles. The Labute approximate surface area is 155 Å². The summed E-state index contributed by atoms with van der Waals surface area (Å²) in [5.41, 5.74) is 1.48. The lowest BCUT2D eigenvalue weighted by atomic mass is 10.1. The van der Waals surface area contributed by atoms with Crippen LogP contribution in [0.25, 0.3) is 0 Å². The lowest BCUT2D eigenvalue weighted by Crippen LogP contribution is -2.34. The van der Waals surface area contributed by atoms with Gasteiger partial charge in [0.2, 0.25) is 0 Å². The van der Waals surface area contributed by atoms with Crippen LogP contribution in [0.3, 0.4) is 0 Å². The molecule has 1 aromatic carbocycles. The average Bonchev–Trinajstić information content (AvgIpc) is 2.90. The molecule has 2 aromatic rings. The van der Waals surface area contributed by atoms with E-state index in [0.717, 1.165) is 16.7 Å². The summed E-state index contributed by atoms with van der Waals surface area (Å²) in [5, 5.41) is 14.5. The number of anilines is 2. The molecule has 1 aliphatic heterocycles. The molecular weight excluding hydrogens is 348 g/mol. The Morgan fingerprint density at radius 1 is 1.15 bits per heavy atom. The van der Waals surface area contributed by atoms with Gasteiger partial charge < -0.3 is 15.7 Å². The van der Waals surface area contributed by atoms with E-state index in [-0.39, 0.29) is 18.8 Å². The number of nitrogens with zero attached hydrogens (tertiary/aromatic N) is 2. The summed E-state index contributed by atoms with van der Waals surface area (Å²) >= 11 is 0. The highest BCUT2D eigenvalue weighted by molar-refractivity contribution is 6.18. The number of hydrogen-bond donors (Lipinski definition) is 3. The summed E-state index contributed by atoms with van der Waals surface area (Å²) in [6.45, 7) is 1.42. The summed E-state index contributed by atoms with van der Waals surface area (Å²) in [6, 6.07) is 11.9. The van der Waals surface area contributed by atoms with Crippen LogP contribution in [0.2, 0.25) is 0 Å². The SMILES string of the molecule is Cc1cccc(NC(=O)c2ccccc2NC2=CC(=O)N(CCO)C2=O)n1. The first-order valence-corrected chi connectivity index (χ1v) is 8.29. The molecule has 0 bridgehead atoms. The van der Waals surface area contributed by atoms with Gasteiger partial charge >= 0.3 is 0 Å². The fourth-order valence-electron chi connectivity index (χ4n) is 2.64. The second-order valence-electron chi connectivity index (χ2n) is 5.87. The van der Waals surface area contributed by atoms with Crippen molar-refractivity contribution < 1.29 is 19.5 Å². The standard InChI is InChI=1S/C19H18N4O4/c1-12-5-4-8-16(20-12)22-18(26)13-6-2-3-7-14(13)21-15-11-17(25)23(9-10-24)19(15)27/h2-8,11,21,24H,9-10H2,1H3,(H,20,22,26). The van der Waals surface area contributed by atoms with E-state index in [4.69, 9.17) is 5.11 Å². The first-order chi connectivity index (χ1) is 13.0. The Hall–Kier alpha value is -3.52. The smallest absolute Gasteiger partial charge is 0.277 e. The van der Waals surface area contributed by atoms with Crippen LogP contribution in [0.1, 0.15) is 16.1 Å². The fourth-order valence-corrected chi connectivity index (χ4v) is 2.64. The highest BCUT2D eigenvalue weighted by Gasteiger charge is 2.31. The van der Waals surface area contributed by atoms with E-state index in [1.54, 1.807) is 36.4 Å². The molecule has 0 saturated carbocycles. The number of carbonyl (C=O) groups excluding carboxylic acids is 3. The molecule has 0 unspecified atom stereocenters. The molecule has 0 saturated heterocycles. The molecule has 0 spiro atoms. The zero-order chi connectivity index (χ0) is 19.4. The van der Waals surface area contributed by atoms with Crippen molar-refractivity contribution >= 4 is 29.2 Å². The number of pyridine rings is 1. The maximum Gasteiger partial charge on any atom is 0.277 e. The van der Waals surface area contributed by atoms with Gasteiger partial charge in [-0.15, -0.1) is 0 Å². The average molecular weight is 366 g/mol. The second kappa shape index (κ2) is 7.79. The maximum atomic E-state index is 12.6. The number of β-amino-alcohol motifs (C(OH)–C–C–N with tert-alkyl or cyclic N) is 1. The van der Waals surface area contributed by atoms with E-state index in [1.165, 1.54) is 0 Å². The van der Waals surface area contributed by atoms with Crippen molar-refractivity contribution in [2.45, 2.75) is 6.92 Å². The lowest BCUT2D eigenvalue weighted by Gasteiger charge is -2.15. The highest BCUT2D eigenvalue weighted by Crippen LogP contribution is 2.21. The predicted molar refractivity (Wildman–Crippen MR) is 98.9 cm³/mol. The number of amides is 3. The molecule has 0 aliphatic carbocycles. The molecule has 0 radical (unpaired) electrons. The molecule has 1 aromatic heterocycles. The van der Waals surface area contributed by atoms with Crippen LogP contribution in [0.4, 0.5) is 11.5 Å². The molecule has 3 amide bonds. The summed E-state index contributed by atoms with van der Waals surface area (Å²) in [7, 11) is 0. The molecule has 3 N–H and O–H groups in total. The quantitative estimate of drug-likeness (QED) is 0.665. The maximum absolute atomic E-state index is 12.6. The summed E-state index contributed by atoms with van der Waals surface area (Å²) in [6.07, 6.45) is 1.15. The van der Waals surface area contributed by atoms with Crippen LogP contribution < -0.4 is 10.6 Å². The fraction of sp³-hybridized carbons (Fsp3) is 0.158. The zero-order valence-corrected chi connectivity index (χ0v) is 14.6. The van der Waals surface area contributed by atoms with Crippen molar-refractivity contribution in [3.63, 3.8) is 0 Å². The zero-order valence-electron chi connectivity index (χ0n) is 14.6. The predicted octanol–water partition coefficient (Wildman–Crippen LogP) is 1.30. The molecular formula is C19H18N4O4. The van der Waals surface area contributed by atoms with Crippen molar-refractivity contribution in [3.8, 4) is 0 Å². The number of aliphatic hydroxyl groups is 1. The van der Waals surface area contributed by atoms with E-state index >= 15 is 0 Å². The van der Waals surface area contributed by atoms with Gasteiger partial charge in [-0.1, -0.05) is 18.2 Å². The Kier molecular flexibility index (Phi) is 5.28. The molecule has 3 rings (SSSR count). The monoisotopic (exact) mass is 366 g/mol. The first-order valence-electron chi connectivity index (χ1n) is 8.29. The van der Waals surface area contributed by atoms with Crippen LogP contribution in [0.15, 0.2) is 54.2 Å². The Bertz CT molecular complexity index is 939. The molecule has 0 atom stereocenters. The minimum absolute atomic E-state index is 0.0439. The van der Waals surface area contributed by atoms with Crippen molar-refractivity contribution in [2.75, 3.05) is 23.8 Å². The molecule has 8 nitrogen and oxygen atoms in total. The number of nitrogens with one attached hydrogen (secondary N) is 2. The highest BCUT2D eigenvalue weighted by atomic mass is 16.3. The van der Waals surface area contributed by atoms with E-state index in [0.29, 0.717) is 17.1 Å². The van der Waals surface area contributed by atoms with Crippen LogP contribution in [-0.2, 0) is 9.59 Å². The normalized spacial score (nSPS) is 13.6. The van der Waals surface area contributed by atoms with Crippen LogP contribution >= 0.6 is 0 Å². The molecule has 8 heteroatoms. The second-order valence-corrected chi connectivity index (χ2v) is 5.87. The summed E-state index contributed by atoms with van der Waals surface area (Å²) in [4.78, 5) is 41.9. The number of aliphatic hydroxyl groups excluding tert-OH is 1. The van der Waals surface area contributed by atoms with Crippen molar-refractivity contribution in [1.29, 1.82) is 0 Å². The van der Waals surface area contributed by atoms with E-state index in [1.807, 2.05) is 13.0 Å². The molecule has 138 valence electrons. The minimum Gasteiger partial charge on any atom is -0.395 e. The topological polar surface area (TPSA) is 112 Å². The minimum atomic E-state index is -0.551. The molecule has 1 aliphatic rings. The number of para-hydroxylation sites is 1. The number of imide groups is 1. The molecule has 27 heavy (non-hydrogen) atoms. The Morgan fingerprint density at radius 2 is 1.93 bits per heavy atom. The van der Waals surface area contributed by atoms with Gasteiger partial charge in [0.25, 0.3) is 17.7 Å². The van der Waals surface area contributed by atoms with E-state index in [9.17, 15) is 14.4 Å². The number of hydrogen-bond acceptors (Lipinski definition) is 6. The number of rotatable bonds is 6. The van der Waals surface area contributed by atoms with Gasteiger partial charge in [0.05, 0.1) is 24.4 Å². The van der Waals surface area contributed by atoms with Gasteiger partial charge in [-0.25, -0.2) is 4.98 Å². The van der Waals surface area contributed by atoms with Gasteiger partial charge in [-0.2, -0.15) is 0 Å². The van der Waals surface area contributed by atoms with Crippen LogP contribution in [-0.4, -0.2) is 45.9 Å². The van der Waals surface area contributed by atoms with Gasteiger partial charge in [0.1, 0.15) is 11.5 Å². The van der Waals surface area contributed by atoms with Crippen LogP contribution in [0.5, 0.6) is 0 Å². The number of benzene rings is 1. The third-order valence-corrected chi connectivity index (χ3v) is 3.90. The third kappa shape index (κ3) is 4.01. The largest absolute Gasteiger partial charge is 0.395 e. The number of carbonyl (C=O) groups is 3. The van der Waals surface area contributed by atoms with Gasteiger partial charge in [0, 0.05) is 11.8 Å². The van der Waals surface area contributed by atoms with Crippen molar-refractivity contribution in [2.24, 2.45) is 0 Å².